The molecule has 1 fully saturated rings. The van der Waals surface area contributed by atoms with Crippen molar-refractivity contribution in [3.05, 3.63) is 22.5 Å². The molecule has 0 bridgehead atoms. The number of nitrogens with zero attached hydrogens (tertiary/aromatic N) is 2. The molecule has 2 amide bonds. The molecule has 8 heteroatoms. The minimum atomic E-state index is -0.272. The van der Waals surface area contributed by atoms with Crippen molar-refractivity contribution in [3.8, 4) is 0 Å². The summed E-state index contributed by atoms with van der Waals surface area (Å²) in [6.07, 6.45) is 3.72. The zero-order chi connectivity index (χ0) is 20.4. The fraction of sp³-hybridized carbons (Fsp3) is 0.650. The Morgan fingerprint density at radius 1 is 1.25 bits per heavy atom. The van der Waals surface area contributed by atoms with Crippen molar-refractivity contribution >= 4 is 40.4 Å². The average Bonchev–Trinajstić information content (AvgIpc) is 2.94. The van der Waals surface area contributed by atoms with Gasteiger partial charge in [-0.15, -0.1) is 0 Å². The van der Waals surface area contributed by atoms with E-state index in [0.29, 0.717) is 24.4 Å². The maximum atomic E-state index is 13.0. The first-order valence-electron chi connectivity index (χ1n) is 9.85. The number of alkyl halides is 1. The maximum Gasteiger partial charge on any atom is 0.276 e. The second-order valence-corrected chi connectivity index (χ2v) is 11.9. The minimum Gasteiger partial charge on any atom is -0.369 e. The van der Waals surface area contributed by atoms with E-state index in [1.807, 2.05) is 7.05 Å². The van der Waals surface area contributed by atoms with E-state index in [2.05, 4.69) is 63.9 Å². The van der Waals surface area contributed by atoms with E-state index >= 15 is 0 Å². The van der Waals surface area contributed by atoms with Crippen LogP contribution in [-0.2, 0) is 9.59 Å². The predicted octanol–water partition coefficient (Wildman–Crippen LogP) is 1.79. The van der Waals surface area contributed by atoms with Crippen LogP contribution in [0.2, 0.25) is 0 Å². The number of carbonyl (C=O) groups excluding carboxylic acids is 2. The fourth-order valence-electron chi connectivity index (χ4n) is 5.90. The monoisotopic (exact) mass is 497 g/mol. The number of likely N-dealkylation sites (N-methyl/N-ethyl adjacent to an activating group) is 1. The number of nitrogens with two attached hydrogens (primary N) is 1. The molecular weight excluding hydrogens is 469 g/mol. The van der Waals surface area contributed by atoms with Crippen LogP contribution in [0.4, 0.5) is 0 Å². The number of aliphatic imine (C=N–C) groups is 1. The highest BCUT2D eigenvalue weighted by molar-refractivity contribution is 14.1. The van der Waals surface area contributed by atoms with E-state index in [-0.39, 0.29) is 38.6 Å². The van der Waals surface area contributed by atoms with Gasteiger partial charge in [-0.05, 0) is 42.2 Å². The highest BCUT2D eigenvalue weighted by Crippen LogP contribution is 2.55. The number of amides is 2. The summed E-state index contributed by atoms with van der Waals surface area (Å²) < 4.78 is 0.209. The molecule has 3 atom stereocenters. The minimum absolute atomic E-state index is 0.0222. The largest absolute Gasteiger partial charge is 0.369 e. The lowest BCUT2D eigenvalue weighted by atomic mass is 9.73. The van der Waals surface area contributed by atoms with Gasteiger partial charge in [0.1, 0.15) is 11.4 Å². The molecule has 152 valence electrons. The number of nitrogens with one attached hydrogen (secondary N) is 2. The van der Waals surface area contributed by atoms with E-state index in [4.69, 9.17) is 5.73 Å². The van der Waals surface area contributed by atoms with Crippen molar-refractivity contribution in [3.63, 3.8) is 0 Å². The molecule has 0 aromatic rings. The number of fused-ring (bicyclic) bond motifs is 2. The van der Waals surface area contributed by atoms with Gasteiger partial charge in [0, 0.05) is 29.0 Å². The second-order valence-electron chi connectivity index (χ2n) is 9.33. The van der Waals surface area contributed by atoms with Crippen molar-refractivity contribution in [2.75, 3.05) is 13.6 Å². The Morgan fingerprint density at radius 2 is 1.96 bits per heavy atom. The molecule has 0 spiro atoms. The molecule has 0 saturated heterocycles. The third kappa shape index (κ3) is 3.04. The molecule has 0 radical (unpaired) electrons. The van der Waals surface area contributed by atoms with Crippen LogP contribution in [0.3, 0.4) is 0 Å². The van der Waals surface area contributed by atoms with E-state index in [0.717, 1.165) is 30.4 Å². The third-order valence-corrected chi connectivity index (χ3v) is 7.47. The van der Waals surface area contributed by atoms with Gasteiger partial charge in [-0.25, -0.2) is 4.99 Å². The number of guanidine groups is 1. The number of hydrogen-bond acceptors (Lipinski definition) is 5. The van der Waals surface area contributed by atoms with Gasteiger partial charge in [-0.3, -0.25) is 14.9 Å². The number of carbonyl (C=O) groups is 2. The Morgan fingerprint density at radius 3 is 2.61 bits per heavy atom. The van der Waals surface area contributed by atoms with Crippen molar-refractivity contribution in [1.29, 1.82) is 0 Å². The number of hydrogen-bond donors (Lipinski definition) is 3. The number of halogens is 1. The standard InChI is InChI=1S/C20H28IN5O2/c1-19(2)9-20(3,21)7-5-11-12-10(13-16(27)25-18(22)24-13)6-8-23-17(28)14(12)26(4)15(11)19/h11,15H,5-9H2,1-4H3,(H,23,28)(H3,22,24,25,27)/b13-10-. The van der Waals surface area contributed by atoms with Gasteiger partial charge in [-0.1, -0.05) is 43.4 Å². The Hall–Kier alpha value is -1.58. The number of rotatable bonds is 0. The van der Waals surface area contributed by atoms with Crippen LogP contribution in [0.25, 0.3) is 0 Å². The van der Waals surface area contributed by atoms with Gasteiger partial charge in [0.15, 0.2) is 0 Å². The predicted molar refractivity (Wildman–Crippen MR) is 117 cm³/mol. The summed E-state index contributed by atoms with van der Waals surface area (Å²) in [5.74, 6) is 0.000799. The van der Waals surface area contributed by atoms with Crippen LogP contribution >= 0.6 is 22.6 Å². The lowest BCUT2D eigenvalue weighted by Crippen LogP contribution is -2.46. The van der Waals surface area contributed by atoms with Crippen molar-refractivity contribution in [2.45, 2.75) is 55.9 Å². The summed E-state index contributed by atoms with van der Waals surface area (Å²) in [5, 5.41) is 5.60. The van der Waals surface area contributed by atoms with Gasteiger partial charge in [0.05, 0.1) is 0 Å². The van der Waals surface area contributed by atoms with E-state index in [9.17, 15) is 9.59 Å². The Bertz CT molecular complexity index is 855. The van der Waals surface area contributed by atoms with Crippen LogP contribution in [0, 0.1) is 11.3 Å². The maximum absolute atomic E-state index is 13.0. The quantitative estimate of drug-likeness (QED) is 0.270. The Kier molecular flexibility index (Phi) is 4.55. The topological polar surface area (TPSA) is 99.8 Å². The normalized spacial score (nSPS) is 37.6. The van der Waals surface area contributed by atoms with Gasteiger partial charge in [0.2, 0.25) is 5.96 Å². The lowest BCUT2D eigenvalue weighted by Gasteiger charge is -2.41. The molecule has 0 aromatic heterocycles. The summed E-state index contributed by atoms with van der Waals surface area (Å²) in [6.45, 7) is 7.42. The van der Waals surface area contributed by atoms with Gasteiger partial charge in [-0.2, -0.15) is 0 Å². The Balaban J connectivity index is 1.91. The molecule has 7 nitrogen and oxygen atoms in total. The van der Waals surface area contributed by atoms with E-state index < -0.39 is 0 Å². The fourth-order valence-corrected chi connectivity index (χ4v) is 7.19. The van der Waals surface area contributed by atoms with Gasteiger partial charge >= 0.3 is 0 Å². The molecule has 28 heavy (non-hydrogen) atoms. The van der Waals surface area contributed by atoms with Crippen molar-refractivity contribution in [1.82, 2.24) is 15.5 Å². The van der Waals surface area contributed by atoms with Crippen LogP contribution in [0.15, 0.2) is 27.5 Å². The molecular formula is C20H28IN5O2. The van der Waals surface area contributed by atoms with Crippen molar-refractivity contribution in [2.24, 2.45) is 22.1 Å². The molecule has 4 rings (SSSR count). The summed E-state index contributed by atoms with van der Waals surface area (Å²) in [4.78, 5) is 31.9. The van der Waals surface area contributed by atoms with Gasteiger partial charge in [0.25, 0.3) is 11.8 Å². The summed E-state index contributed by atoms with van der Waals surface area (Å²) in [6, 6.07) is 0.208. The zero-order valence-electron chi connectivity index (χ0n) is 16.9. The average molecular weight is 497 g/mol. The Labute approximate surface area is 179 Å². The van der Waals surface area contributed by atoms with Crippen LogP contribution < -0.4 is 16.4 Å². The van der Waals surface area contributed by atoms with Crippen LogP contribution in [0.1, 0.15) is 46.5 Å². The first-order valence-corrected chi connectivity index (χ1v) is 10.9. The summed E-state index contributed by atoms with van der Waals surface area (Å²) in [7, 11) is 2.02. The first-order chi connectivity index (χ1) is 13.0. The first kappa shape index (κ1) is 19.7. The molecule has 3 aliphatic heterocycles. The molecule has 0 aromatic carbocycles. The van der Waals surface area contributed by atoms with E-state index in [1.54, 1.807) is 0 Å². The van der Waals surface area contributed by atoms with Crippen molar-refractivity contribution < 1.29 is 9.59 Å². The van der Waals surface area contributed by atoms with E-state index in [1.165, 1.54) is 0 Å². The second kappa shape index (κ2) is 6.47. The lowest BCUT2D eigenvalue weighted by molar-refractivity contribution is -0.119. The summed E-state index contributed by atoms with van der Waals surface area (Å²) in [5.41, 5.74) is 8.74. The summed E-state index contributed by atoms with van der Waals surface area (Å²) >= 11 is 2.59. The third-order valence-electron chi connectivity index (χ3n) is 6.55. The highest BCUT2D eigenvalue weighted by Gasteiger charge is 2.53. The molecule has 1 saturated carbocycles. The molecule has 3 heterocycles. The SMILES string of the molecule is CN1C2=C(/C(=C3\N=C(N)NC3=O)CCNC2=O)C2CCC(C)(I)CC(C)(C)C21. The highest BCUT2D eigenvalue weighted by atomic mass is 127. The molecule has 3 unspecified atom stereocenters. The van der Waals surface area contributed by atoms with Crippen LogP contribution in [-0.4, -0.2) is 45.7 Å². The molecule has 1 aliphatic carbocycles. The van der Waals surface area contributed by atoms with Crippen LogP contribution in [0.5, 0.6) is 0 Å². The van der Waals surface area contributed by atoms with Gasteiger partial charge < -0.3 is 16.0 Å². The zero-order valence-corrected chi connectivity index (χ0v) is 19.0. The molecule has 4 N–H and O–H groups in total. The smallest absolute Gasteiger partial charge is 0.276 e. The molecule has 4 aliphatic rings.